The third-order valence-corrected chi connectivity index (χ3v) is 6.34. The number of amides is 3. The highest BCUT2D eigenvalue weighted by Gasteiger charge is 2.34. The van der Waals surface area contributed by atoms with Crippen molar-refractivity contribution in [3.8, 4) is 0 Å². The molecule has 0 saturated carbocycles. The zero-order valence-corrected chi connectivity index (χ0v) is 22.2. The van der Waals surface area contributed by atoms with Crippen molar-refractivity contribution in [2.24, 2.45) is 4.99 Å². The summed E-state index contributed by atoms with van der Waals surface area (Å²) < 4.78 is 37.4. The fourth-order valence-electron chi connectivity index (χ4n) is 4.14. The van der Waals surface area contributed by atoms with Gasteiger partial charge < -0.3 is 20.4 Å². The van der Waals surface area contributed by atoms with E-state index in [1.165, 1.54) is 6.92 Å². The van der Waals surface area contributed by atoms with Gasteiger partial charge in [-0.3, -0.25) is 19.4 Å². The predicted octanol–water partition coefficient (Wildman–Crippen LogP) is 2.90. The average Bonchev–Trinajstić information content (AvgIpc) is 3.03. The minimum Gasteiger partial charge on any atom is -0.345 e. The first-order valence-corrected chi connectivity index (χ1v) is 12.8. The van der Waals surface area contributed by atoms with Crippen molar-refractivity contribution in [1.82, 2.24) is 20.5 Å². The van der Waals surface area contributed by atoms with Gasteiger partial charge in [-0.25, -0.2) is 4.99 Å². The first-order chi connectivity index (χ1) is 18.5. The average molecular weight is 547 g/mol. The lowest BCUT2D eigenvalue weighted by Gasteiger charge is -2.28. The lowest BCUT2D eigenvalue weighted by molar-refractivity contribution is -0.144. The molecule has 9 nitrogen and oxygen atoms in total. The van der Waals surface area contributed by atoms with E-state index < -0.39 is 48.9 Å². The van der Waals surface area contributed by atoms with E-state index in [1.54, 1.807) is 29.3 Å². The highest BCUT2D eigenvalue weighted by atomic mass is 19.4. The number of carbonyl (C=O) groups excluding carboxylic acids is 3. The number of nitrogens with one attached hydrogen (secondary N) is 2. The molecule has 0 bridgehead atoms. The van der Waals surface area contributed by atoms with Gasteiger partial charge in [-0.05, 0) is 38.2 Å². The maximum Gasteiger partial charge on any atom is 0.389 e. The molecule has 1 aliphatic heterocycles. The van der Waals surface area contributed by atoms with E-state index in [-0.39, 0.29) is 0 Å². The molecule has 2 heterocycles. The molecular weight excluding hydrogens is 513 g/mol. The van der Waals surface area contributed by atoms with Gasteiger partial charge in [0, 0.05) is 31.3 Å². The normalized spacial score (nSPS) is 16.3. The summed E-state index contributed by atoms with van der Waals surface area (Å²) in [5, 5.41) is 4.83. The molecule has 2 N–H and O–H groups in total. The molecule has 1 aromatic heterocycles. The Kier molecular flexibility index (Phi) is 10.2. The molecule has 210 valence electrons. The summed E-state index contributed by atoms with van der Waals surface area (Å²) in [6, 6.07) is 11.3. The second-order valence-electron chi connectivity index (χ2n) is 9.04. The van der Waals surface area contributed by atoms with Crippen molar-refractivity contribution in [2.75, 3.05) is 31.1 Å². The largest absolute Gasteiger partial charge is 0.389 e. The van der Waals surface area contributed by atoms with Gasteiger partial charge in [-0.2, -0.15) is 13.2 Å². The molecule has 0 saturated heterocycles. The number of para-hydroxylation sites is 1. The highest BCUT2D eigenvalue weighted by Crippen LogP contribution is 2.28. The molecule has 0 spiro atoms. The van der Waals surface area contributed by atoms with E-state index in [9.17, 15) is 27.6 Å². The van der Waals surface area contributed by atoms with Gasteiger partial charge >= 0.3 is 6.18 Å². The summed E-state index contributed by atoms with van der Waals surface area (Å²) in [6.45, 7) is 7.88. The lowest BCUT2D eigenvalue weighted by Crippen LogP contribution is -2.53. The van der Waals surface area contributed by atoms with E-state index in [0.29, 0.717) is 35.7 Å². The summed E-state index contributed by atoms with van der Waals surface area (Å²) >= 11 is 0. The number of pyridine rings is 1. The van der Waals surface area contributed by atoms with Crippen molar-refractivity contribution in [1.29, 1.82) is 0 Å². The monoisotopic (exact) mass is 546 g/mol. The van der Waals surface area contributed by atoms with Crippen molar-refractivity contribution in [2.45, 2.75) is 52.0 Å². The first kappa shape index (κ1) is 29.8. The first-order valence-electron chi connectivity index (χ1n) is 12.8. The van der Waals surface area contributed by atoms with Crippen molar-refractivity contribution in [3.63, 3.8) is 0 Å². The second-order valence-corrected chi connectivity index (χ2v) is 9.04. The van der Waals surface area contributed by atoms with Crippen molar-refractivity contribution >= 4 is 29.1 Å². The topological polar surface area (TPSA) is 107 Å². The number of halogens is 3. The Morgan fingerprint density at radius 3 is 2.44 bits per heavy atom. The number of aliphatic imine (C=N–C) groups is 1. The van der Waals surface area contributed by atoms with E-state index in [1.807, 2.05) is 38.1 Å². The number of alkyl halides is 3. The minimum atomic E-state index is -4.49. The fraction of sp³-hybridized carbons (Fsp3) is 0.444. The molecule has 3 rings (SSSR count). The molecule has 1 aromatic carbocycles. The number of carbonyl (C=O) groups is 3. The van der Waals surface area contributed by atoms with Gasteiger partial charge in [-0.1, -0.05) is 38.1 Å². The summed E-state index contributed by atoms with van der Waals surface area (Å²) in [6.07, 6.45) is -6.35. The van der Waals surface area contributed by atoms with Gasteiger partial charge in [0.15, 0.2) is 0 Å². The van der Waals surface area contributed by atoms with Crippen LogP contribution in [0.2, 0.25) is 0 Å². The molecule has 2 atom stereocenters. The Morgan fingerprint density at radius 1 is 1.10 bits per heavy atom. The van der Waals surface area contributed by atoms with Crippen LogP contribution in [0.1, 0.15) is 44.9 Å². The molecular formula is C27H33F3N6O3. The van der Waals surface area contributed by atoms with Crippen LogP contribution in [0.3, 0.4) is 0 Å². The number of anilines is 1. The number of rotatable bonds is 11. The lowest BCUT2D eigenvalue weighted by atomic mass is 10.0. The van der Waals surface area contributed by atoms with Crippen LogP contribution in [0.5, 0.6) is 0 Å². The SMILES string of the molecule is CCN(CC)CCN1C(=O)C(NC(=O)[C@H](C)NC(=O)CCC(F)(F)F)N=C(c2ccccn2)c2ccccc21. The molecule has 0 fully saturated rings. The van der Waals surface area contributed by atoms with Gasteiger partial charge in [0.2, 0.25) is 18.0 Å². The molecule has 1 unspecified atom stereocenters. The van der Waals surface area contributed by atoms with E-state index in [2.05, 4.69) is 25.5 Å². The highest BCUT2D eigenvalue weighted by molar-refractivity contribution is 6.19. The maximum absolute atomic E-state index is 13.8. The number of benzene rings is 1. The van der Waals surface area contributed by atoms with Crippen LogP contribution in [0.25, 0.3) is 0 Å². The standard InChI is InChI=1S/C27H33F3N6O3/c1-4-35(5-2)16-17-36-21-12-7-6-10-19(21)23(20-11-8-9-15-31-20)33-24(26(36)39)34-25(38)18(3)32-22(37)13-14-27(28,29)30/h6-12,15,18,24H,4-5,13-14,16-17H2,1-3H3,(H,32,37)(H,34,38)/t18-,24?/m0/s1. The third kappa shape index (κ3) is 8.09. The smallest absolute Gasteiger partial charge is 0.345 e. The Labute approximate surface area is 225 Å². The van der Waals surface area contributed by atoms with Gasteiger partial charge in [0.1, 0.15) is 6.04 Å². The Balaban J connectivity index is 1.91. The van der Waals surface area contributed by atoms with Crippen LogP contribution in [-0.4, -0.2) is 77.9 Å². The number of likely N-dealkylation sites (N-methyl/N-ethyl adjacent to an activating group) is 1. The molecule has 12 heteroatoms. The number of fused-ring (bicyclic) bond motifs is 1. The molecule has 0 aliphatic carbocycles. The van der Waals surface area contributed by atoms with Gasteiger partial charge in [0.25, 0.3) is 5.91 Å². The Morgan fingerprint density at radius 2 is 1.79 bits per heavy atom. The van der Waals surface area contributed by atoms with Crippen LogP contribution in [0.4, 0.5) is 18.9 Å². The van der Waals surface area contributed by atoms with Crippen LogP contribution in [-0.2, 0) is 14.4 Å². The molecule has 39 heavy (non-hydrogen) atoms. The predicted molar refractivity (Wildman–Crippen MR) is 141 cm³/mol. The fourth-order valence-corrected chi connectivity index (χ4v) is 4.14. The Bertz CT molecular complexity index is 1180. The van der Waals surface area contributed by atoms with E-state index >= 15 is 0 Å². The van der Waals surface area contributed by atoms with Crippen LogP contribution >= 0.6 is 0 Å². The van der Waals surface area contributed by atoms with Crippen molar-refractivity contribution in [3.05, 3.63) is 59.9 Å². The molecule has 0 radical (unpaired) electrons. The summed E-state index contributed by atoms with van der Waals surface area (Å²) in [4.78, 5) is 51.5. The number of benzodiazepines with no additional fused rings is 1. The van der Waals surface area contributed by atoms with Crippen LogP contribution < -0.4 is 15.5 Å². The van der Waals surface area contributed by atoms with Crippen LogP contribution in [0, 0.1) is 0 Å². The molecule has 2 aromatic rings. The van der Waals surface area contributed by atoms with E-state index in [4.69, 9.17) is 0 Å². The molecule has 3 amide bonds. The zero-order chi connectivity index (χ0) is 28.6. The quantitative estimate of drug-likeness (QED) is 0.451. The molecule has 1 aliphatic rings. The minimum absolute atomic E-state index is 0.332. The van der Waals surface area contributed by atoms with Gasteiger partial charge in [0.05, 0.1) is 23.5 Å². The zero-order valence-electron chi connectivity index (χ0n) is 22.2. The number of nitrogens with zero attached hydrogens (tertiary/aromatic N) is 4. The number of aromatic nitrogens is 1. The van der Waals surface area contributed by atoms with Crippen molar-refractivity contribution < 1.29 is 27.6 Å². The Hall–Kier alpha value is -3.80. The van der Waals surface area contributed by atoms with Crippen LogP contribution in [0.15, 0.2) is 53.7 Å². The van der Waals surface area contributed by atoms with E-state index in [0.717, 1.165) is 13.1 Å². The third-order valence-electron chi connectivity index (χ3n) is 6.34. The maximum atomic E-state index is 13.8. The number of hydrogen-bond donors (Lipinski definition) is 2. The summed E-state index contributed by atoms with van der Waals surface area (Å²) in [5.74, 6) is -2.16. The summed E-state index contributed by atoms with van der Waals surface area (Å²) in [7, 11) is 0. The van der Waals surface area contributed by atoms with Gasteiger partial charge in [-0.15, -0.1) is 0 Å². The number of hydrogen-bond acceptors (Lipinski definition) is 6. The summed E-state index contributed by atoms with van der Waals surface area (Å²) in [5.41, 5.74) is 2.17. The second kappa shape index (κ2) is 13.3.